The highest BCUT2D eigenvalue weighted by molar-refractivity contribution is 5.26. The Labute approximate surface area is 129 Å². The molecule has 0 saturated carbocycles. The van der Waals surface area contributed by atoms with Gasteiger partial charge >= 0.3 is 0 Å². The predicted molar refractivity (Wildman–Crippen MR) is 88.6 cm³/mol. The first-order valence-corrected chi connectivity index (χ1v) is 8.36. The largest absolute Gasteiger partial charge is 0.375 e. The van der Waals surface area contributed by atoms with Crippen LogP contribution in [0.15, 0.2) is 24.3 Å². The van der Waals surface area contributed by atoms with Gasteiger partial charge in [0.25, 0.3) is 0 Å². The van der Waals surface area contributed by atoms with Gasteiger partial charge in [-0.15, -0.1) is 0 Å². The molecule has 0 amide bonds. The van der Waals surface area contributed by atoms with Crippen molar-refractivity contribution in [2.75, 3.05) is 32.8 Å². The van der Waals surface area contributed by atoms with Crippen molar-refractivity contribution in [2.24, 2.45) is 0 Å². The summed E-state index contributed by atoms with van der Waals surface area (Å²) in [6, 6.07) is 9.20. The summed E-state index contributed by atoms with van der Waals surface area (Å²) < 4.78 is 5.89. The fourth-order valence-electron chi connectivity index (χ4n) is 2.82. The zero-order chi connectivity index (χ0) is 14.9. The number of likely N-dealkylation sites (tertiary alicyclic amines) is 1. The summed E-state index contributed by atoms with van der Waals surface area (Å²) in [6.45, 7) is 10.6. The monoisotopic (exact) mass is 290 g/mol. The second kappa shape index (κ2) is 9.19. The minimum atomic E-state index is 0.550. The van der Waals surface area contributed by atoms with Crippen LogP contribution in [0.4, 0.5) is 0 Å². The standard InChI is InChI=1S/C18H30N2O/c1-16(2)19-10-9-17-7-3-4-8-18(17)15-21-14-13-20-11-5-6-12-20/h3-4,7-8,16,19H,5-6,9-15H2,1-2H3. The molecule has 1 fully saturated rings. The van der Waals surface area contributed by atoms with Crippen molar-refractivity contribution in [1.29, 1.82) is 0 Å². The van der Waals surface area contributed by atoms with Crippen LogP contribution in [-0.4, -0.2) is 43.7 Å². The zero-order valence-corrected chi connectivity index (χ0v) is 13.6. The second-order valence-electron chi connectivity index (χ2n) is 6.23. The van der Waals surface area contributed by atoms with Crippen LogP contribution < -0.4 is 5.32 Å². The van der Waals surface area contributed by atoms with Crippen LogP contribution in [0.2, 0.25) is 0 Å². The smallest absolute Gasteiger partial charge is 0.0720 e. The molecule has 0 bridgehead atoms. The van der Waals surface area contributed by atoms with E-state index in [0.29, 0.717) is 6.04 Å². The Morgan fingerprint density at radius 2 is 1.86 bits per heavy atom. The van der Waals surface area contributed by atoms with Crippen molar-refractivity contribution < 1.29 is 4.74 Å². The Morgan fingerprint density at radius 1 is 1.14 bits per heavy atom. The highest BCUT2D eigenvalue weighted by atomic mass is 16.5. The summed E-state index contributed by atoms with van der Waals surface area (Å²) in [4.78, 5) is 2.50. The Balaban J connectivity index is 1.71. The van der Waals surface area contributed by atoms with Gasteiger partial charge in [0.1, 0.15) is 0 Å². The minimum Gasteiger partial charge on any atom is -0.375 e. The fraction of sp³-hybridized carbons (Fsp3) is 0.667. The molecule has 1 aromatic carbocycles. The molecule has 1 N–H and O–H groups in total. The van der Waals surface area contributed by atoms with Gasteiger partial charge in [-0.25, -0.2) is 0 Å². The van der Waals surface area contributed by atoms with Gasteiger partial charge in [0.05, 0.1) is 13.2 Å². The normalized spacial score (nSPS) is 16.0. The molecule has 0 aliphatic carbocycles. The topological polar surface area (TPSA) is 24.5 Å². The van der Waals surface area contributed by atoms with Crippen LogP contribution in [0.3, 0.4) is 0 Å². The molecule has 1 aliphatic rings. The number of ether oxygens (including phenoxy) is 1. The molecule has 1 saturated heterocycles. The maximum Gasteiger partial charge on any atom is 0.0720 e. The molecule has 0 atom stereocenters. The third-order valence-corrected chi connectivity index (χ3v) is 4.07. The summed E-state index contributed by atoms with van der Waals surface area (Å²) in [5.74, 6) is 0. The van der Waals surface area contributed by atoms with E-state index in [-0.39, 0.29) is 0 Å². The molecule has 0 radical (unpaired) electrons. The molecule has 21 heavy (non-hydrogen) atoms. The molecule has 3 heteroatoms. The first kappa shape index (κ1) is 16.5. The third-order valence-electron chi connectivity index (χ3n) is 4.07. The van der Waals surface area contributed by atoms with Crippen LogP contribution in [0.25, 0.3) is 0 Å². The maximum atomic E-state index is 5.89. The summed E-state index contributed by atoms with van der Waals surface area (Å²) in [6.07, 6.45) is 3.78. The van der Waals surface area contributed by atoms with Crippen LogP contribution in [0.5, 0.6) is 0 Å². The second-order valence-corrected chi connectivity index (χ2v) is 6.23. The lowest BCUT2D eigenvalue weighted by Crippen LogP contribution is -2.25. The molecule has 1 heterocycles. The first-order chi connectivity index (χ1) is 10.3. The molecule has 2 rings (SSSR count). The SMILES string of the molecule is CC(C)NCCc1ccccc1COCCN1CCCC1. The third kappa shape index (κ3) is 6.16. The van der Waals surface area contributed by atoms with E-state index >= 15 is 0 Å². The van der Waals surface area contributed by atoms with Gasteiger partial charge in [-0.3, -0.25) is 0 Å². The number of hydrogen-bond acceptors (Lipinski definition) is 3. The van der Waals surface area contributed by atoms with Crippen molar-refractivity contribution in [2.45, 2.75) is 45.8 Å². The maximum absolute atomic E-state index is 5.89. The number of nitrogens with one attached hydrogen (secondary N) is 1. The number of nitrogens with zero attached hydrogens (tertiary/aromatic N) is 1. The van der Waals surface area contributed by atoms with Gasteiger partial charge in [0.15, 0.2) is 0 Å². The number of rotatable bonds is 9. The van der Waals surface area contributed by atoms with Gasteiger partial charge in [0.2, 0.25) is 0 Å². The van der Waals surface area contributed by atoms with E-state index < -0.39 is 0 Å². The first-order valence-electron chi connectivity index (χ1n) is 8.36. The van der Waals surface area contributed by atoms with Gasteiger partial charge in [-0.05, 0) is 50.0 Å². The number of benzene rings is 1. The van der Waals surface area contributed by atoms with Crippen molar-refractivity contribution in [3.8, 4) is 0 Å². The average Bonchev–Trinajstić information content (AvgIpc) is 2.98. The number of hydrogen-bond donors (Lipinski definition) is 1. The molecule has 3 nitrogen and oxygen atoms in total. The van der Waals surface area contributed by atoms with Crippen LogP contribution in [0, 0.1) is 0 Å². The summed E-state index contributed by atoms with van der Waals surface area (Å²) in [7, 11) is 0. The molecule has 1 aromatic rings. The van der Waals surface area contributed by atoms with E-state index in [1.54, 1.807) is 0 Å². The zero-order valence-electron chi connectivity index (χ0n) is 13.6. The molecular formula is C18H30N2O. The van der Waals surface area contributed by atoms with Crippen molar-refractivity contribution in [1.82, 2.24) is 10.2 Å². The lowest BCUT2D eigenvalue weighted by molar-refractivity contribution is 0.0988. The van der Waals surface area contributed by atoms with Crippen LogP contribution in [-0.2, 0) is 17.8 Å². The molecule has 0 spiro atoms. The Morgan fingerprint density at radius 3 is 2.57 bits per heavy atom. The molecule has 0 unspecified atom stereocenters. The Hall–Kier alpha value is -0.900. The summed E-state index contributed by atoms with van der Waals surface area (Å²) in [5, 5.41) is 3.48. The highest BCUT2D eigenvalue weighted by Crippen LogP contribution is 2.11. The molecule has 1 aliphatic heterocycles. The fourth-order valence-corrected chi connectivity index (χ4v) is 2.82. The van der Waals surface area contributed by atoms with E-state index in [4.69, 9.17) is 4.74 Å². The molecule has 118 valence electrons. The van der Waals surface area contributed by atoms with Gasteiger partial charge in [-0.2, -0.15) is 0 Å². The lowest BCUT2D eigenvalue weighted by atomic mass is 10.1. The summed E-state index contributed by atoms with van der Waals surface area (Å²) in [5.41, 5.74) is 2.75. The van der Waals surface area contributed by atoms with E-state index in [1.807, 2.05) is 0 Å². The lowest BCUT2D eigenvalue weighted by Gasteiger charge is -2.15. The molecular weight excluding hydrogens is 260 g/mol. The average molecular weight is 290 g/mol. The van der Waals surface area contributed by atoms with Crippen LogP contribution in [0.1, 0.15) is 37.8 Å². The van der Waals surface area contributed by atoms with Crippen molar-refractivity contribution in [3.63, 3.8) is 0 Å². The highest BCUT2D eigenvalue weighted by Gasteiger charge is 2.10. The van der Waals surface area contributed by atoms with E-state index in [9.17, 15) is 0 Å². The quantitative estimate of drug-likeness (QED) is 0.708. The van der Waals surface area contributed by atoms with Crippen LogP contribution >= 0.6 is 0 Å². The van der Waals surface area contributed by atoms with E-state index in [2.05, 4.69) is 48.3 Å². The van der Waals surface area contributed by atoms with Crippen molar-refractivity contribution in [3.05, 3.63) is 35.4 Å². The van der Waals surface area contributed by atoms with Gasteiger partial charge < -0.3 is 15.0 Å². The molecule has 0 aromatic heterocycles. The predicted octanol–water partition coefficient (Wildman–Crippen LogP) is 2.84. The van der Waals surface area contributed by atoms with E-state index in [1.165, 1.54) is 37.1 Å². The Kier molecular flexibility index (Phi) is 7.20. The van der Waals surface area contributed by atoms with Gasteiger partial charge in [0, 0.05) is 12.6 Å². The Bertz CT molecular complexity index is 400. The van der Waals surface area contributed by atoms with Gasteiger partial charge in [-0.1, -0.05) is 38.1 Å². The summed E-state index contributed by atoms with van der Waals surface area (Å²) >= 11 is 0. The minimum absolute atomic E-state index is 0.550. The van der Waals surface area contributed by atoms with Crippen molar-refractivity contribution >= 4 is 0 Å². The van der Waals surface area contributed by atoms with E-state index in [0.717, 1.165) is 32.7 Å².